The molecule has 0 unspecified atom stereocenters. The average Bonchev–Trinajstić information content (AvgIpc) is 3.35. The van der Waals surface area contributed by atoms with E-state index < -0.39 is 0 Å². The maximum Gasteiger partial charge on any atom is 0.264 e. The SMILES string of the molecule is Cc1c(Cl)cccc1N=C1NC(=O)/C(=C/c2cc(C)n(-c3ccc(-c4ccccc4)cc3)c2C)S1. The van der Waals surface area contributed by atoms with Crippen LogP contribution in [0.2, 0.25) is 5.02 Å². The van der Waals surface area contributed by atoms with Crippen molar-refractivity contribution < 1.29 is 4.79 Å². The van der Waals surface area contributed by atoms with E-state index in [-0.39, 0.29) is 5.91 Å². The Kier molecular flexibility index (Phi) is 6.37. The van der Waals surface area contributed by atoms with Gasteiger partial charge in [0, 0.05) is 22.1 Å². The van der Waals surface area contributed by atoms with Crippen LogP contribution in [0.3, 0.4) is 0 Å². The van der Waals surface area contributed by atoms with E-state index in [0.717, 1.165) is 33.9 Å². The van der Waals surface area contributed by atoms with Crippen molar-refractivity contribution >= 4 is 46.2 Å². The molecule has 35 heavy (non-hydrogen) atoms. The highest BCUT2D eigenvalue weighted by molar-refractivity contribution is 8.18. The number of amides is 1. The first kappa shape index (κ1) is 23.2. The molecule has 174 valence electrons. The van der Waals surface area contributed by atoms with Crippen LogP contribution in [0.5, 0.6) is 0 Å². The van der Waals surface area contributed by atoms with Gasteiger partial charge in [-0.05, 0) is 91.2 Å². The fourth-order valence-corrected chi connectivity index (χ4v) is 5.21. The number of aromatic nitrogens is 1. The first-order chi connectivity index (χ1) is 16.9. The van der Waals surface area contributed by atoms with Crippen LogP contribution in [-0.4, -0.2) is 15.6 Å². The Morgan fingerprint density at radius 2 is 1.63 bits per heavy atom. The molecule has 4 aromatic rings. The van der Waals surface area contributed by atoms with E-state index in [1.807, 2.05) is 49.4 Å². The molecule has 1 amide bonds. The molecule has 2 heterocycles. The van der Waals surface area contributed by atoms with Gasteiger partial charge in [-0.3, -0.25) is 4.79 Å². The number of nitrogens with one attached hydrogen (secondary N) is 1. The molecule has 1 saturated heterocycles. The molecule has 1 aliphatic heterocycles. The summed E-state index contributed by atoms with van der Waals surface area (Å²) in [4.78, 5) is 17.9. The van der Waals surface area contributed by atoms with Gasteiger partial charge in [0.05, 0.1) is 10.6 Å². The Bertz CT molecular complexity index is 1480. The third-order valence-electron chi connectivity index (χ3n) is 6.10. The standard InChI is InChI=1S/C29H24ClN3OS/c1-18-16-23(17-27-28(34)32-29(35-27)31-26-11-7-10-25(30)19(26)2)20(3)33(18)24-14-12-22(13-15-24)21-8-5-4-6-9-21/h4-17H,1-3H3,(H,31,32,34)/b27-17-. The van der Waals surface area contributed by atoms with E-state index in [0.29, 0.717) is 15.1 Å². The van der Waals surface area contributed by atoms with Gasteiger partial charge in [0.15, 0.2) is 5.17 Å². The lowest BCUT2D eigenvalue weighted by Crippen LogP contribution is -2.19. The molecule has 6 heteroatoms. The summed E-state index contributed by atoms with van der Waals surface area (Å²) in [7, 11) is 0. The van der Waals surface area contributed by atoms with E-state index in [1.54, 1.807) is 0 Å². The van der Waals surface area contributed by atoms with Crippen molar-refractivity contribution in [3.05, 3.63) is 111 Å². The van der Waals surface area contributed by atoms with Gasteiger partial charge in [-0.1, -0.05) is 60.1 Å². The third kappa shape index (κ3) is 4.70. The lowest BCUT2D eigenvalue weighted by molar-refractivity contribution is -0.115. The van der Waals surface area contributed by atoms with Crippen molar-refractivity contribution in [2.75, 3.05) is 0 Å². The predicted octanol–water partition coefficient (Wildman–Crippen LogP) is 7.61. The fraction of sp³-hybridized carbons (Fsp3) is 0.103. The lowest BCUT2D eigenvalue weighted by Gasteiger charge is -2.11. The predicted molar refractivity (Wildman–Crippen MR) is 148 cm³/mol. The molecule has 1 aliphatic rings. The lowest BCUT2D eigenvalue weighted by atomic mass is 10.1. The average molecular weight is 498 g/mol. The molecule has 5 rings (SSSR count). The van der Waals surface area contributed by atoms with Gasteiger partial charge >= 0.3 is 0 Å². The third-order valence-corrected chi connectivity index (χ3v) is 7.42. The number of halogens is 1. The molecule has 0 radical (unpaired) electrons. The van der Waals surface area contributed by atoms with Crippen LogP contribution in [0.4, 0.5) is 5.69 Å². The number of nitrogens with zero attached hydrogens (tertiary/aromatic N) is 2. The summed E-state index contributed by atoms with van der Waals surface area (Å²) in [5, 5.41) is 4.08. The molecular weight excluding hydrogens is 474 g/mol. The molecule has 0 bridgehead atoms. The molecular formula is C29H24ClN3OS. The number of hydrogen-bond donors (Lipinski definition) is 1. The second kappa shape index (κ2) is 9.61. The van der Waals surface area contributed by atoms with Gasteiger partial charge < -0.3 is 9.88 Å². The van der Waals surface area contributed by atoms with Gasteiger partial charge in [0.2, 0.25) is 0 Å². The zero-order chi connectivity index (χ0) is 24.5. The first-order valence-corrected chi connectivity index (χ1v) is 12.5. The van der Waals surface area contributed by atoms with Crippen LogP contribution in [0.25, 0.3) is 22.9 Å². The van der Waals surface area contributed by atoms with E-state index in [4.69, 9.17) is 11.6 Å². The number of thioether (sulfide) groups is 1. The number of carbonyl (C=O) groups excluding carboxylic acids is 1. The molecule has 1 N–H and O–H groups in total. The minimum absolute atomic E-state index is 0.148. The monoisotopic (exact) mass is 497 g/mol. The van der Waals surface area contributed by atoms with Crippen LogP contribution in [0.1, 0.15) is 22.5 Å². The zero-order valence-corrected chi connectivity index (χ0v) is 21.2. The number of carbonyl (C=O) groups is 1. The summed E-state index contributed by atoms with van der Waals surface area (Å²) in [5.74, 6) is -0.148. The summed E-state index contributed by atoms with van der Waals surface area (Å²) in [6, 6.07) is 26.6. The number of aryl methyl sites for hydroxylation is 1. The Hall–Kier alpha value is -3.54. The van der Waals surface area contributed by atoms with Gasteiger partial charge in [0.1, 0.15) is 0 Å². The normalized spacial score (nSPS) is 15.7. The molecule has 3 aromatic carbocycles. The van der Waals surface area contributed by atoms with E-state index in [2.05, 4.69) is 71.2 Å². The van der Waals surface area contributed by atoms with Crippen molar-refractivity contribution in [3.8, 4) is 16.8 Å². The minimum atomic E-state index is -0.148. The Morgan fingerprint density at radius 1 is 0.914 bits per heavy atom. The highest BCUT2D eigenvalue weighted by atomic mass is 35.5. The van der Waals surface area contributed by atoms with Crippen LogP contribution in [0.15, 0.2) is 88.8 Å². The van der Waals surface area contributed by atoms with Gasteiger partial charge in [0.25, 0.3) is 5.91 Å². The van der Waals surface area contributed by atoms with E-state index in [1.165, 1.54) is 22.9 Å². The number of benzene rings is 3. The Balaban J connectivity index is 1.42. The number of rotatable bonds is 4. The topological polar surface area (TPSA) is 46.4 Å². The molecule has 0 spiro atoms. The minimum Gasteiger partial charge on any atom is -0.318 e. The molecule has 1 fully saturated rings. The fourth-order valence-electron chi connectivity index (χ4n) is 4.21. The highest BCUT2D eigenvalue weighted by Gasteiger charge is 2.25. The number of hydrogen-bond acceptors (Lipinski definition) is 3. The maximum absolute atomic E-state index is 12.7. The van der Waals surface area contributed by atoms with Crippen molar-refractivity contribution in [1.82, 2.24) is 9.88 Å². The smallest absolute Gasteiger partial charge is 0.264 e. The van der Waals surface area contributed by atoms with Crippen molar-refractivity contribution in [2.45, 2.75) is 20.8 Å². The van der Waals surface area contributed by atoms with Crippen molar-refractivity contribution in [1.29, 1.82) is 0 Å². The van der Waals surface area contributed by atoms with E-state index in [9.17, 15) is 4.79 Å². The van der Waals surface area contributed by atoms with Crippen LogP contribution in [-0.2, 0) is 4.79 Å². The van der Waals surface area contributed by atoms with Gasteiger partial charge in [-0.2, -0.15) is 0 Å². The van der Waals surface area contributed by atoms with Gasteiger partial charge in [-0.25, -0.2) is 4.99 Å². The summed E-state index contributed by atoms with van der Waals surface area (Å²) in [5.41, 5.74) is 8.29. The Morgan fingerprint density at radius 3 is 2.37 bits per heavy atom. The molecule has 0 saturated carbocycles. The van der Waals surface area contributed by atoms with Gasteiger partial charge in [-0.15, -0.1) is 0 Å². The molecule has 4 nitrogen and oxygen atoms in total. The Labute approximate surface area is 214 Å². The second-order valence-corrected chi connectivity index (χ2v) is 9.88. The first-order valence-electron chi connectivity index (χ1n) is 11.3. The number of amidine groups is 1. The van der Waals surface area contributed by atoms with Crippen molar-refractivity contribution in [3.63, 3.8) is 0 Å². The summed E-state index contributed by atoms with van der Waals surface area (Å²) < 4.78 is 2.21. The zero-order valence-electron chi connectivity index (χ0n) is 19.7. The quantitative estimate of drug-likeness (QED) is 0.295. The maximum atomic E-state index is 12.7. The van der Waals surface area contributed by atoms with Crippen LogP contribution < -0.4 is 5.32 Å². The summed E-state index contributed by atoms with van der Waals surface area (Å²) >= 11 is 7.55. The summed E-state index contributed by atoms with van der Waals surface area (Å²) in [6.07, 6.45) is 1.94. The largest absolute Gasteiger partial charge is 0.318 e. The second-order valence-electron chi connectivity index (χ2n) is 8.44. The van der Waals surface area contributed by atoms with Crippen molar-refractivity contribution in [2.24, 2.45) is 4.99 Å². The highest BCUT2D eigenvalue weighted by Crippen LogP contribution is 2.32. The van der Waals surface area contributed by atoms with Crippen LogP contribution in [0, 0.1) is 20.8 Å². The molecule has 0 atom stereocenters. The van der Waals surface area contributed by atoms with E-state index >= 15 is 0 Å². The molecule has 0 aliphatic carbocycles. The number of aliphatic imine (C=N–C) groups is 1. The molecule has 1 aromatic heterocycles. The van der Waals surface area contributed by atoms with Crippen LogP contribution >= 0.6 is 23.4 Å². The summed E-state index contributed by atoms with van der Waals surface area (Å²) in [6.45, 7) is 6.07.